The van der Waals surface area contributed by atoms with Gasteiger partial charge in [-0.2, -0.15) is 0 Å². The van der Waals surface area contributed by atoms with Gasteiger partial charge in [-0.3, -0.25) is 4.79 Å². The Kier molecular flexibility index (Phi) is 7.62. The largest absolute Gasteiger partial charge is 0.378 e. The molecule has 0 spiro atoms. The van der Waals surface area contributed by atoms with Gasteiger partial charge in [0.25, 0.3) is 0 Å². The van der Waals surface area contributed by atoms with Crippen molar-refractivity contribution in [1.29, 1.82) is 0 Å². The van der Waals surface area contributed by atoms with Gasteiger partial charge >= 0.3 is 0 Å². The minimum Gasteiger partial charge on any atom is -0.378 e. The molecular weight excluding hydrogens is 402 g/mol. The number of hydrogen-bond acceptors (Lipinski definition) is 5. The maximum Gasteiger partial charge on any atom is 0.233 e. The molecule has 0 bridgehead atoms. The summed E-state index contributed by atoms with van der Waals surface area (Å²) in [6, 6.07) is 15.1. The van der Waals surface area contributed by atoms with E-state index in [4.69, 9.17) is 4.74 Å². The molecule has 1 aliphatic rings. The molecule has 0 aromatic heterocycles. The molecule has 3 rings (SSSR count). The van der Waals surface area contributed by atoms with Crippen molar-refractivity contribution in [2.24, 2.45) is 0 Å². The molecule has 30 heavy (non-hydrogen) atoms. The molecule has 2 aromatic carbocycles. The van der Waals surface area contributed by atoms with E-state index in [0.29, 0.717) is 18.9 Å². The minimum absolute atomic E-state index is 0.0261. The minimum atomic E-state index is -3.60. The summed E-state index contributed by atoms with van der Waals surface area (Å²) in [7, 11) is -3.60. The van der Waals surface area contributed by atoms with Crippen molar-refractivity contribution < 1.29 is 17.9 Å². The number of sulfonamides is 1. The van der Waals surface area contributed by atoms with Gasteiger partial charge in [-0.15, -0.1) is 0 Å². The lowest BCUT2D eigenvalue weighted by atomic mass is 10.2. The first kappa shape index (κ1) is 22.0. The highest BCUT2D eigenvalue weighted by molar-refractivity contribution is 7.92. The Morgan fingerprint density at radius 3 is 2.40 bits per heavy atom. The van der Waals surface area contributed by atoms with E-state index in [1.165, 1.54) is 6.08 Å². The van der Waals surface area contributed by atoms with Crippen LogP contribution < -0.4 is 14.9 Å². The van der Waals surface area contributed by atoms with Gasteiger partial charge < -0.3 is 15.0 Å². The Balaban J connectivity index is 1.43. The fourth-order valence-corrected chi connectivity index (χ4v) is 3.82. The van der Waals surface area contributed by atoms with Gasteiger partial charge in [0.15, 0.2) is 0 Å². The average Bonchev–Trinajstić information content (AvgIpc) is 2.74. The van der Waals surface area contributed by atoms with E-state index < -0.39 is 10.0 Å². The Morgan fingerprint density at radius 2 is 1.73 bits per heavy atom. The number of nitrogens with zero attached hydrogens (tertiary/aromatic N) is 1. The van der Waals surface area contributed by atoms with Crippen LogP contribution >= 0.6 is 0 Å². The predicted molar refractivity (Wildman–Crippen MR) is 120 cm³/mol. The van der Waals surface area contributed by atoms with Gasteiger partial charge in [0.1, 0.15) is 0 Å². The molecule has 1 saturated heterocycles. The van der Waals surface area contributed by atoms with Gasteiger partial charge in [0.05, 0.1) is 13.2 Å². The van der Waals surface area contributed by atoms with Crippen molar-refractivity contribution in [2.75, 3.05) is 43.1 Å². The maximum atomic E-state index is 12.1. The van der Waals surface area contributed by atoms with E-state index in [-0.39, 0.29) is 18.9 Å². The first-order valence-corrected chi connectivity index (χ1v) is 11.4. The van der Waals surface area contributed by atoms with Crippen molar-refractivity contribution in [3.63, 3.8) is 0 Å². The molecule has 0 atom stereocenters. The number of hydrogen-bond donors (Lipinski definition) is 2. The fraction of sp³-hybridized carbons (Fsp3) is 0.318. The number of ether oxygens (including phenoxy) is 1. The molecule has 7 nitrogen and oxygen atoms in total. The molecule has 1 fully saturated rings. The zero-order valence-electron chi connectivity index (χ0n) is 17.0. The van der Waals surface area contributed by atoms with E-state index in [1.807, 2.05) is 55.5 Å². The second kappa shape index (κ2) is 10.4. The summed E-state index contributed by atoms with van der Waals surface area (Å²) in [5.74, 6) is -0.251. The number of rotatable bonds is 8. The molecule has 8 heteroatoms. The first-order chi connectivity index (χ1) is 14.4. The Hall–Kier alpha value is -2.68. The van der Waals surface area contributed by atoms with E-state index >= 15 is 0 Å². The Morgan fingerprint density at radius 1 is 1.07 bits per heavy atom. The van der Waals surface area contributed by atoms with Crippen LogP contribution in [-0.4, -0.2) is 47.2 Å². The van der Waals surface area contributed by atoms with Gasteiger partial charge in [0.2, 0.25) is 15.9 Å². The Labute approximate surface area is 177 Å². The summed E-state index contributed by atoms with van der Waals surface area (Å²) in [4.78, 5) is 14.3. The lowest BCUT2D eigenvalue weighted by molar-refractivity contribution is -0.116. The summed E-state index contributed by atoms with van der Waals surface area (Å²) < 4.78 is 31.9. The van der Waals surface area contributed by atoms with Gasteiger partial charge in [-0.25, -0.2) is 13.1 Å². The molecule has 1 amide bonds. The van der Waals surface area contributed by atoms with Crippen molar-refractivity contribution >= 4 is 33.4 Å². The summed E-state index contributed by atoms with van der Waals surface area (Å²) in [5.41, 5.74) is 3.67. The topological polar surface area (TPSA) is 87.7 Å². The van der Waals surface area contributed by atoms with Crippen LogP contribution in [0, 0.1) is 6.92 Å². The van der Waals surface area contributed by atoms with Crippen LogP contribution in [0.2, 0.25) is 0 Å². The fourth-order valence-electron chi connectivity index (χ4n) is 3.00. The number of benzene rings is 2. The van der Waals surface area contributed by atoms with Crippen molar-refractivity contribution in [3.05, 3.63) is 65.1 Å². The zero-order valence-corrected chi connectivity index (χ0v) is 17.8. The van der Waals surface area contributed by atoms with Gasteiger partial charge in [0, 0.05) is 42.8 Å². The van der Waals surface area contributed by atoms with Crippen molar-refractivity contribution in [3.8, 4) is 0 Å². The van der Waals surface area contributed by atoms with Gasteiger partial charge in [-0.1, -0.05) is 29.8 Å². The monoisotopic (exact) mass is 429 g/mol. The summed E-state index contributed by atoms with van der Waals surface area (Å²) in [6.45, 7) is 5.13. The molecule has 0 unspecified atom stereocenters. The van der Waals surface area contributed by atoms with E-state index in [1.54, 1.807) is 0 Å². The van der Waals surface area contributed by atoms with E-state index in [9.17, 15) is 13.2 Å². The average molecular weight is 430 g/mol. The second-order valence-corrected chi connectivity index (χ2v) is 8.75. The lowest BCUT2D eigenvalue weighted by Crippen LogP contribution is -2.36. The van der Waals surface area contributed by atoms with Gasteiger partial charge in [-0.05, 0) is 42.8 Å². The summed E-state index contributed by atoms with van der Waals surface area (Å²) >= 11 is 0. The van der Waals surface area contributed by atoms with Crippen LogP contribution in [0.5, 0.6) is 0 Å². The highest BCUT2D eigenvalue weighted by atomic mass is 32.2. The molecule has 2 aromatic rings. The molecule has 160 valence electrons. The van der Waals surface area contributed by atoms with Crippen LogP contribution in [0.25, 0.3) is 6.08 Å². The van der Waals surface area contributed by atoms with E-state index in [0.717, 1.165) is 35.3 Å². The van der Waals surface area contributed by atoms with E-state index in [2.05, 4.69) is 14.9 Å². The maximum absolute atomic E-state index is 12.1. The van der Waals surface area contributed by atoms with Crippen molar-refractivity contribution in [1.82, 2.24) is 4.72 Å². The number of carbonyl (C=O) groups is 1. The molecule has 0 saturated carbocycles. The third-order valence-electron chi connectivity index (χ3n) is 4.70. The Bertz CT molecular complexity index is 964. The SMILES string of the molecule is Cc1ccc(/C=C/S(=O)(=O)NCCC(=O)Nc2ccc(N3CCOCC3)cc2)cc1. The predicted octanol–water partition coefficient (Wildman–Crippen LogP) is 2.75. The molecular formula is C22H27N3O4S. The van der Waals surface area contributed by atoms with Crippen LogP contribution in [-0.2, 0) is 19.6 Å². The molecule has 0 radical (unpaired) electrons. The zero-order chi connectivity index (χ0) is 21.4. The third-order valence-corrected chi connectivity index (χ3v) is 5.80. The van der Waals surface area contributed by atoms with Crippen LogP contribution in [0.4, 0.5) is 11.4 Å². The molecule has 1 aliphatic heterocycles. The quantitative estimate of drug-likeness (QED) is 0.674. The highest BCUT2D eigenvalue weighted by Gasteiger charge is 2.11. The standard InChI is InChI=1S/C22H27N3O4S/c1-18-2-4-19(5-3-18)11-17-30(27,28)23-12-10-22(26)24-20-6-8-21(9-7-20)25-13-15-29-16-14-25/h2-9,11,17,23H,10,12-16H2,1H3,(H,24,26)/b17-11+. The summed E-state index contributed by atoms with van der Waals surface area (Å²) in [5, 5.41) is 3.90. The number of aryl methyl sites for hydroxylation is 1. The lowest BCUT2D eigenvalue weighted by Gasteiger charge is -2.28. The number of nitrogens with one attached hydrogen (secondary N) is 2. The molecule has 1 heterocycles. The smallest absolute Gasteiger partial charge is 0.233 e. The number of anilines is 2. The number of amides is 1. The van der Waals surface area contributed by atoms with Crippen LogP contribution in [0.15, 0.2) is 53.9 Å². The number of carbonyl (C=O) groups excluding carboxylic acids is 1. The normalized spacial score (nSPS) is 14.8. The second-order valence-electron chi connectivity index (χ2n) is 7.10. The highest BCUT2D eigenvalue weighted by Crippen LogP contribution is 2.19. The first-order valence-electron chi connectivity index (χ1n) is 9.88. The van der Waals surface area contributed by atoms with Crippen LogP contribution in [0.3, 0.4) is 0 Å². The molecule has 0 aliphatic carbocycles. The van der Waals surface area contributed by atoms with Crippen molar-refractivity contribution in [2.45, 2.75) is 13.3 Å². The molecule has 2 N–H and O–H groups in total. The van der Waals surface area contributed by atoms with Crippen LogP contribution in [0.1, 0.15) is 17.5 Å². The number of morpholine rings is 1. The summed E-state index contributed by atoms with van der Waals surface area (Å²) in [6.07, 6.45) is 1.57. The third kappa shape index (κ3) is 6.98.